The fourth-order valence-electron chi connectivity index (χ4n) is 3.85. The molecule has 0 fully saturated rings. The standard InChI is InChI=1S/C25H25N3O3/c1-16-4-3-5-20(12-16)28-24(29)18-7-6-17-8-9-21(14-19(17)13-18)31-22-10-11-27-23(15-22)25(30)26-2/h3-5,8-12,14-15,18H,6-7,13H2,1-2H3,(H,26,30)(H,28,29). The van der Waals surface area contributed by atoms with Crippen molar-refractivity contribution in [2.75, 3.05) is 12.4 Å². The van der Waals surface area contributed by atoms with Gasteiger partial charge in [-0.15, -0.1) is 0 Å². The Morgan fingerprint density at radius 3 is 2.68 bits per heavy atom. The second kappa shape index (κ2) is 9.00. The van der Waals surface area contributed by atoms with E-state index < -0.39 is 0 Å². The average Bonchev–Trinajstić information content (AvgIpc) is 2.78. The van der Waals surface area contributed by atoms with Crippen LogP contribution in [0.1, 0.15) is 33.6 Å². The molecule has 1 aliphatic rings. The first kappa shape index (κ1) is 20.6. The monoisotopic (exact) mass is 415 g/mol. The molecule has 6 heteroatoms. The van der Waals surface area contributed by atoms with Crippen LogP contribution in [-0.4, -0.2) is 23.8 Å². The minimum Gasteiger partial charge on any atom is -0.457 e. The Hall–Kier alpha value is -3.67. The van der Waals surface area contributed by atoms with Crippen molar-refractivity contribution in [1.29, 1.82) is 0 Å². The molecule has 0 spiro atoms. The molecule has 4 rings (SSSR count). The van der Waals surface area contributed by atoms with Crippen molar-refractivity contribution < 1.29 is 14.3 Å². The van der Waals surface area contributed by atoms with Gasteiger partial charge in [0.2, 0.25) is 5.91 Å². The Morgan fingerprint density at radius 1 is 1.03 bits per heavy atom. The second-order valence-electron chi connectivity index (χ2n) is 7.79. The lowest BCUT2D eigenvalue weighted by Crippen LogP contribution is -2.28. The highest BCUT2D eigenvalue weighted by Crippen LogP contribution is 2.31. The number of fused-ring (bicyclic) bond motifs is 1. The number of aryl methyl sites for hydroxylation is 2. The van der Waals surface area contributed by atoms with Crippen LogP contribution in [0.2, 0.25) is 0 Å². The normalized spacial score (nSPS) is 15.0. The first-order chi connectivity index (χ1) is 15.0. The van der Waals surface area contributed by atoms with E-state index >= 15 is 0 Å². The average molecular weight is 415 g/mol. The van der Waals surface area contributed by atoms with E-state index in [1.165, 1.54) is 5.56 Å². The fraction of sp³-hybridized carbons (Fsp3) is 0.240. The molecule has 1 aromatic heterocycles. The van der Waals surface area contributed by atoms with Gasteiger partial charge in [-0.3, -0.25) is 14.6 Å². The lowest BCUT2D eigenvalue weighted by Gasteiger charge is -2.24. The first-order valence-corrected chi connectivity index (χ1v) is 10.4. The van der Waals surface area contributed by atoms with Gasteiger partial charge in [-0.05, 0) is 73.2 Å². The summed E-state index contributed by atoms with van der Waals surface area (Å²) in [6.45, 7) is 2.01. The van der Waals surface area contributed by atoms with Gasteiger partial charge in [-0.1, -0.05) is 18.2 Å². The number of hydrogen-bond donors (Lipinski definition) is 2. The van der Waals surface area contributed by atoms with Crippen molar-refractivity contribution in [1.82, 2.24) is 10.3 Å². The van der Waals surface area contributed by atoms with Crippen LogP contribution in [0.5, 0.6) is 11.5 Å². The van der Waals surface area contributed by atoms with Gasteiger partial charge in [0.1, 0.15) is 17.2 Å². The predicted molar refractivity (Wildman–Crippen MR) is 119 cm³/mol. The van der Waals surface area contributed by atoms with Crippen molar-refractivity contribution in [2.24, 2.45) is 5.92 Å². The van der Waals surface area contributed by atoms with Crippen LogP contribution in [0.3, 0.4) is 0 Å². The molecule has 1 aliphatic carbocycles. The molecule has 158 valence electrons. The molecular weight excluding hydrogens is 390 g/mol. The van der Waals surface area contributed by atoms with Crippen LogP contribution < -0.4 is 15.4 Å². The Morgan fingerprint density at radius 2 is 1.87 bits per heavy atom. The van der Waals surface area contributed by atoms with Gasteiger partial charge in [-0.25, -0.2) is 0 Å². The summed E-state index contributed by atoms with van der Waals surface area (Å²) in [5.41, 5.74) is 4.61. The molecule has 0 saturated carbocycles. The summed E-state index contributed by atoms with van der Waals surface area (Å²) >= 11 is 0. The number of aromatic nitrogens is 1. The zero-order valence-corrected chi connectivity index (χ0v) is 17.6. The number of carbonyl (C=O) groups is 2. The summed E-state index contributed by atoms with van der Waals surface area (Å²) in [5.74, 6) is 0.917. The van der Waals surface area contributed by atoms with Crippen LogP contribution in [0.4, 0.5) is 5.69 Å². The highest BCUT2D eigenvalue weighted by atomic mass is 16.5. The van der Waals surface area contributed by atoms with Gasteiger partial charge in [0.05, 0.1) is 0 Å². The molecule has 2 amide bonds. The van der Waals surface area contributed by atoms with Crippen molar-refractivity contribution in [2.45, 2.75) is 26.2 Å². The van der Waals surface area contributed by atoms with Gasteiger partial charge < -0.3 is 15.4 Å². The van der Waals surface area contributed by atoms with Crippen LogP contribution >= 0.6 is 0 Å². The van der Waals surface area contributed by atoms with Crippen molar-refractivity contribution in [3.05, 3.63) is 83.2 Å². The molecule has 3 aromatic rings. The number of nitrogens with one attached hydrogen (secondary N) is 2. The molecule has 6 nitrogen and oxygen atoms in total. The number of anilines is 1. The number of benzene rings is 2. The fourth-order valence-corrected chi connectivity index (χ4v) is 3.85. The zero-order chi connectivity index (χ0) is 21.8. The minimum absolute atomic E-state index is 0.0481. The van der Waals surface area contributed by atoms with Gasteiger partial charge in [0.25, 0.3) is 5.91 Å². The molecule has 0 aliphatic heterocycles. The number of nitrogens with zero attached hydrogens (tertiary/aromatic N) is 1. The second-order valence-corrected chi connectivity index (χ2v) is 7.79. The highest BCUT2D eigenvalue weighted by molar-refractivity contribution is 5.93. The van der Waals surface area contributed by atoms with Gasteiger partial charge in [0, 0.05) is 30.9 Å². The SMILES string of the molecule is CNC(=O)c1cc(Oc2ccc3c(c2)CC(C(=O)Nc2cccc(C)c2)CC3)ccn1. The third-order valence-corrected chi connectivity index (χ3v) is 5.49. The Kier molecular flexibility index (Phi) is 5.98. The van der Waals surface area contributed by atoms with E-state index in [1.807, 2.05) is 43.3 Å². The largest absolute Gasteiger partial charge is 0.457 e. The van der Waals surface area contributed by atoms with Gasteiger partial charge in [-0.2, -0.15) is 0 Å². The van der Waals surface area contributed by atoms with E-state index in [1.54, 1.807) is 25.4 Å². The number of ether oxygens (including phenoxy) is 1. The first-order valence-electron chi connectivity index (χ1n) is 10.4. The van der Waals surface area contributed by atoms with Crippen LogP contribution in [0, 0.1) is 12.8 Å². The van der Waals surface area contributed by atoms with E-state index in [2.05, 4.69) is 21.7 Å². The molecular formula is C25H25N3O3. The van der Waals surface area contributed by atoms with E-state index in [4.69, 9.17) is 4.74 Å². The van der Waals surface area contributed by atoms with Crippen molar-refractivity contribution in [3.8, 4) is 11.5 Å². The maximum absolute atomic E-state index is 12.8. The summed E-state index contributed by atoms with van der Waals surface area (Å²) < 4.78 is 5.96. The molecule has 1 atom stereocenters. The summed E-state index contributed by atoms with van der Waals surface area (Å²) in [6, 6.07) is 17.1. The number of pyridine rings is 1. The third-order valence-electron chi connectivity index (χ3n) is 5.49. The Labute approximate surface area is 181 Å². The number of carbonyl (C=O) groups excluding carboxylic acids is 2. The van der Waals surface area contributed by atoms with Gasteiger partial charge >= 0.3 is 0 Å². The quantitative estimate of drug-likeness (QED) is 0.652. The van der Waals surface area contributed by atoms with Gasteiger partial charge in [0.15, 0.2) is 0 Å². The van der Waals surface area contributed by atoms with Crippen molar-refractivity contribution in [3.63, 3.8) is 0 Å². The third kappa shape index (κ3) is 4.91. The molecule has 0 bridgehead atoms. The number of hydrogen-bond acceptors (Lipinski definition) is 4. The molecule has 1 unspecified atom stereocenters. The maximum atomic E-state index is 12.8. The molecule has 1 heterocycles. The van der Waals surface area contributed by atoms with Crippen LogP contribution in [0.15, 0.2) is 60.8 Å². The lowest BCUT2D eigenvalue weighted by molar-refractivity contribution is -0.120. The molecule has 0 saturated heterocycles. The Balaban J connectivity index is 1.46. The highest BCUT2D eigenvalue weighted by Gasteiger charge is 2.25. The van der Waals surface area contributed by atoms with E-state index in [0.29, 0.717) is 23.6 Å². The smallest absolute Gasteiger partial charge is 0.269 e. The zero-order valence-electron chi connectivity index (χ0n) is 17.6. The number of rotatable bonds is 5. The topological polar surface area (TPSA) is 80.3 Å². The molecule has 31 heavy (non-hydrogen) atoms. The summed E-state index contributed by atoms with van der Waals surface area (Å²) in [7, 11) is 1.56. The molecule has 0 radical (unpaired) electrons. The summed E-state index contributed by atoms with van der Waals surface area (Å²) in [5, 5.41) is 5.60. The van der Waals surface area contributed by atoms with Crippen LogP contribution in [-0.2, 0) is 17.6 Å². The number of amides is 2. The molecule has 2 N–H and O–H groups in total. The maximum Gasteiger partial charge on any atom is 0.269 e. The Bertz CT molecular complexity index is 1130. The molecule has 2 aromatic carbocycles. The predicted octanol–water partition coefficient (Wildman–Crippen LogP) is 4.29. The summed E-state index contributed by atoms with van der Waals surface area (Å²) in [6.07, 6.45) is 3.90. The van der Waals surface area contributed by atoms with Crippen LogP contribution in [0.25, 0.3) is 0 Å². The minimum atomic E-state index is -0.265. The summed E-state index contributed by atoms with van der Waals surface area (Å²) in [4.78, 5) is 28.7. The van der Waals surface area contributed by atoms with Crippen molar-refractivity contribution >= 4 is 17.5 Å². The van der Waals surface area contributed by atoms with E-state index in [0.717, 1.165) is 29.7 Å². The van der Waals surface area contributed by atoms with E-state index in [9.17, 15) is 9.59 Å². The van der Waals surface area contributed by atoms with E-state index in [-0.39, 0.29) is 17.7 Å². The lowest BCUT2D eigenvalue weighted by atomic mass is 9.83.